The number of hydrogen-bond donors (Lipinski definition) is 7. The Morgan fingerprint density at radius 2 is 1.46 bits per heavy atom. The van der Waals surface area contributed by atoms with Crippen molar-refractivity contribution in [2.24, 2.45) is 17.8 Å². The molecular weight excluding hydrogens is 624 g/mol. The molecule has 0 spiro atoms. The average molecular weight is 670 g/mol. The Bertz CT molecular complexity index is 1530. The molecule has 1 fully saturated rings. The van der Waals surface area contributed by atoms with Gasteiger partial charge in [0.05, 0.1) is 18.6 Å². The summed E-state index contributed by atoms with van der Waals surface area (Å²) >= 11 is 0. The minimum absolute atomic E-state index is 0.0654. The van der Waals surface area contributed by atoms with Gasteiger partial charge >= 0.3 is 0 Å². The zero-order valence-electron chi connectivity index (χ0n) is 27.1. The fourth-order valence-corrected chi connectivity index (χ4v) is 6.53. The van der Waals surface area contributed by atoms with E-state index in [1.807, 2.05) is 18.2 Å². The fourth-order valence-electron chi connectivity index (χ4n) is 6.53. The van der Waals surface area contributed by atoms with Gasteiger partial charge in [-0.3, -0.25) is 14.4 Å². The number of benzene rings is 3. The van der Waals surface area contributed by atoms with Gasteiger partial charge in [-0.25, -0.2) is 8.78 Å². The lowest BCUT2D eigenvalue weighted by molar-refractivity contribution is -0.133. The molecule has 6 atom stereocenters. The summed E-state index contributed by atoms with van der Waals surface area (Å²) in [7, 11) is 0. The van der Waals surface area contributed by atoms with Gasteiger partial charge in [0.15, 0.2) is 6.10 Å². The van der Waals surface area contributed by atoms with E-state index in [9.17, 15) is 43.6 Å². The molecule has 0 heterocycles. The van der Waals surface area contributed by atoms with E-state index in [1.54, 1.807) is 38.1 Å². The quantitative estimate of drug-likeness (QED) is 0.139. The molecule has 0 aromatic heterocycles. The van der Waals surface area contributed by atoms with Crippen molar-refractivity contribution in [1.82, 2.24) is 16.0 Å². The van der Waals surface area contributed by atoms with Crippen molar-refractivity contribution in [1.29, 1.82) is 0 Å². The van der Waals surface area contributed by atoms with Crippen LogP contribution < -0.4 is 16.0 Å². The maximum Gasteiger partial charge on any atom is 0.253 e. The summed E-state index contributed by atoms with van der Waals surface area (Å²) in [4.78, 5) is 39.8. The number of aliphatic hydroxyl groups excluding tert-OH is 4. The second-order valence-electron chi connectivity index (χ2n) is 13.1. The van der Waals surface area contributed by atoms with E-state index in [0.29, 0.717) is 36.3 Å². The van der Waals surface area contributed by atoms with Crippen molar-refractivity contribution in [2.45, 2.75) is 76.3 Å². The van der Waals surface area contributed by atoms with E-state index in [4.69, 9.17) is 0 Å². The van der Waals surface area contributed by atoms with Gasteiger partial charge in [-0.1, -0.05) is 56.3 Å². The summed E-state index contributed by atoms with van der Waals surface area (Å²) in [6.45, 7) is 3.35. The number of aliphatic hydroxyl groups is 4. The number of fused-ring (bicyclic) bond motifs is 1. The van der Waals surface area contributed by atoms with Crippen LogP contribution in [0.3, 0.4) is 0 Å². The topological polar surface area (TPSA) is 168 Å². The van der Waals surface area contributed by atoms with Crippen LogP contribution in [0.1, 0.15) is 56.8 Å². The number of carbonyl (C=O) groups is 3. The van der Waals surface area contributed by atoms with Crippen LogP contribution >= 0.6 is 0 Å². The number of carbonyl (C=O) groups excluding carboxylic acids is 3. The molecule has 1 aliphatic carbocycles. The lowest BCUT2D eigenvalue weighted by Crippen LogP contribution is -2.54. The lowest BCUT2D eigenvalue weighted by atomic mass is 9.79. The third kappa shape index (κ3) is 9.79. The SMILES string of the molecule is CC(C)[C@H](NC(=O)C[C@@H](O)[C@H](Cc1cc(F)cc(F)c1)NC(=O)C(O)c1cccc2ccccc12)C(=O)NC1CC(CO)CC(CO)C1. The first-order valence-corrected chi connectivity index (χ1v) is 16.3. The highest BCUT2D eigenvalue weighted by atomic mass is 19.1. The van der Waals surface area contributed by atoms with Gasteiger partial charge in [-0.2, -0.15) is 0 Å². The highest BCUT2D eigenvalue weighted by molar-refractivity contribution is 5.92. The predicted molar refractivity (Wildman–Crippen MR) is 175 cm³/mol. The molecule has 0 saturated heterocycles. The third-order valence-corrected chi connectivity index (χ3v) is 8.96. The maximum absolute atomic E-state index is 14.0. The molecule has 1 aliphatic rings. The zero-order chi connectivity index (χ0) is 35.0. The van der Waals surface area contributed by atoms with Crippen LogP contribution in [-0.4, -0.2) is 75.6 Å². The first-order valence-electron chi connectivity index (χ1n) is 16.3. The Labute approximate surface area is 278 Å². The summed E-state index contributed by atoms with van der Waals surface area (Å²) in [6.07, 6.45) is -2.37. The number of rotatable bonds is 14. The molecule has 3 aromatic rings. The van der Waals surface area contributed by atoms with Crippen LogP contribution in [0.2, 0.25) is 0 Å². The number of halogens is 2. The molecule has 7 N–H and O–H groups in total. The molecule has 260 valence electrons. The molecule has 3 unspecified atom stereocenters. The summed E-state index contributed by atoms with van der Waals surface area (Å²) in [5.41, 5.74) is 0.416. The largest absolute Gasteiger partial charge is 0.396 e. The summed E-state index contributed by atoms with van der Waals surface area (Å²) in [5, 5.41) is 51.1. The minimum Gasteiger partial charge on any atom is -0.396 e. The van der Waals surface area contributed by atoms with Crippen LogP contribution in [0.25, 0.3) is 10.8 Å². The predicted octanol–water partition coefficient (Wildman–Crippen LogP) is 2.66. The maximum atomic E-state index is 14.0. The van der Waals surface area contributed by atoms with E-state index in [1.165, 1.54) is 0 Å². The summed E-state index contributed by atoms with van der Waals surface area (Å²) in [6, 6.07) is 12.5. The van der Waals surface area contributed by atoms with Crippen LogP contribution in [0, 0.1) is 29.4 Å². The molecule has 0 radical (unpaired) electrons. The third-order valence-electron chi connectivity index (χ3n) is 8.96. The van der Waals surface area contributed by atoms with Gasteiger partial charge < -0.3 is 36.4 Å². The molecule has 3 amide bonds. The van der Waals surface area contributed by atoms with Crippen molar-refractivity contribution >= 4 is 28.5 Å². The summed E-state index contributed by atoms with van der Waals surface area (Å²) in [5.74, 6) is -4.26. The Hall–Kier alpha value is -3.97. The monoisotopic (exact) mass is 669 g/mol. The fraction of sp³-hybridized carbons (Fsp3) is 0.472. The van der Waals surface area contributed by atoms with Crippen molar-refractivity contribution in [3.63, 3.8) is 0 Å². The Balaban J connectivity index is 1.47. The molecule has 4 rings (SSSR count). The van der Waals surface area contributed by atoms with Crippen LogP contribution in [-0.2, 0) is 20.8 Å². The summed E-state index contributed by atoms with van der Waals surface area (Å²) < 4.78 is 28.1. The van der Waals surface area contributed by atoms with Crippen LogP contribution in [0.4, 0.5) is 8.78 Å². The van der Waals surface area contributed by atoms with Gasteiger partial charge in [0.1, 0.15) is 17.7 Å². The molecule has 3 aromatic carbocycles. The van der Waals surface area contributed by atoms with Gasteiger partial charge in [-0.15, -0.1) is 0 Å². The second-order valence-corrected chi connectivity index (χ2v) is 13.1. The highest BCUT2D eigenvalue weighted by Gasteiger charge is 2.33. The normalized spacial score (nSPS) is 20.5. The van der Waals surface area contributed by atoms with E-state index in [2.05, 4.69) is 16.0 Å². The molecule has 12 heteroatoms. The van der Waals surface area contributed by atoms with Crippen molar-refractivity contribution < 1.29 is 43.6 Å². The van der Waals surface area contributed by atoms with E-state index in [-0.39, 0.29) is 49.0 Å². The standard InChI is InChI=1S/C36H45F2N3O7/c1-20(2)33(35(47)39-27-13-22(18-42)10-23(14-27)19-43)41-32(45)17-31(44)30(15-21-11-25(37)16-26(38)12-21)40-36(48)34(46)29-9-5-7-24-6-3-4-8-28(24)29/h3-9,11-12,16,20,22-23,27,30-31,33-34,42-44,46H,10,13-15,17-19H2,1-2H3,(H,39,47)(H,40,48)(H,41,45)/t22?,23?,27?,30-,31+,33-,34?/m0/s1. The zero-order valence-corrected chi connectivity index (χ0v) is 27.1. The van der Waals surface area contributed by atoms with Crippen LogP contribution in [0.5, 0.6) is 0 Å². The van der Waals surface area contributed by atoms with E-state index < -0.39 is 60.1 Å². The lowest BCUT2D eigenvalue weighted by Gasteiger charge is -2.35. The smallest absolute Gasteiger partial charge is 0.253 e. The first-order chi connectivity index (χ1) is 22.9. The van der Waals surface area contributed by atoms with Crippen molar-refractivity contribution in [2.75, 3.05) is 13.2 Å². The molecule has 1 saturated carbocycles. The minimum atomic E-state index is -1.66. The first kappa shape index (κ1) is 36.9. The molecule has 48 heavy (non-hydrogen) atoms. The van der Waals surface area contributed by atoms with Gasteiger partial charge in [-0.05, 0) is 77.5 Å². The molecular formula is C36H45F2N3O7. The Morgan fingerprint density at radius 3 is 2.08 bits per heavy atom. The number of nitrogens with one attached hydrogen (secondary N) is 3. The Kier molecular flexibility index (Phi) is 13.0. The van der Waals surface area contributed by atoms with Crippen LogP contribution in [0.15, 0.2) is 60.7 Å². The van der Waals surface area contributed by atoms with Gasteiger partial charge in [0.25, 0.3) is 5.91 Å². The molecule has 0 bridgehead atoms. The molecule has 10 nitrogen and oxygen atoms in total. The Morgan fingerprint density at radius 1 is 0.833 bits per heavy atom. The van der Waals surface area contributed by atoms with E-state index in [0.717, 1.165) is 17.5 Å². The number of amides is 3. The average Bonchev–Trinajstić information content (AvgIpc) is 3.05. The van der Waals surface area contributed by atoms with E-state index >= 15 is 0 Å². The molecule has 0 aliphatic heterocycles. The number of hydrogen-bond acceptors (Lipinski definition) is 7. The van der Waals surface area contributed by atoms with Gasteiger partial charge in [0, 0.05) is 25.3 Å². The highest BCUT2D eigenvalue weighted by Crippen LogP contribution is 2.29. The van der Waals surface area contributed by atoms with Gasteiger partial charge in [0.2, 0.25) is 11.8 Å². The second kappa shape index (κ2) is 16.9. The van der Waals surface area contributed by atoms with Crippen molar-refractivity contribution in [3.05, 3.63) is 83.4 Å². The van der Waals surface area contributed by atoms with Crippen molar-refractivity contribution in [3.8, 4) is 0 Å².